The smallest absolute Gasteiger partial charge is 0.325 e. The number of rotatable bonds is 3. The first-order valence-electron chi connectivity index (χ1n) is 5.27. The number of carbonyl (C=O) groups is 2. The molecule has 0 saturated carbocycles. The summed E-state index contributed by atoms with van der Waals surface area (Å²) in [6.45, 7) is 0.171. The lowest BCUT2D eigenvalue weighted by Crippen LogP contribution is -2.64. The van der Waals surface area contributed by atoms with Gasteiger partial charge in [0.1, 0.15) is 0 Å². The van der Waals surface area contributed by atoms with Gasteiger partial charge >= 0.3 is 6.03 Å². The van der Waals surface area contributed by atoms with Crippen LogP contribution in [0.15, 0.2) is 4.99 Å². The predicted octanol–water partition coefficient (Wildman–Crippen LogP) is -0.471. The molecule has 2 heterocycles. The number of amidine groups is 1. The van der Waals surface area contributed by atoms with E-state index in [9.17, 15) is 14.7 Å². The fourth-order valence-corrected chi connectivity index (χ4v) is 2.63. The minimum atomic E-state index is -0.774. The first-order valence-corrected chi connectivity index (χ1v) is 6.60. The van der Waals surface area contributed by atoms with Crippen molar-refractivity contribution in [3.8, 4) is 0 Å². The summed E-state index contributed by atoms with van der Waals surface area (Å²) in [6, 6.07) is -1.12. The molecule has 0 spiro atoms. The van der Waals surface area contributed by atoms with Crippen LogP contribution in [0.25, 0.3) is 0 Å². The Morgan fingerprint density at radius 1 is 1.61 bits per heavy atom. The van der Waals surface area contributed by atoms with E-state index in [1.807, 2.05) is 0 Å². The Morgan fingerprint density at radius 2 is 2.28 bits per heavy atom. The third-order valence-electron chi connectivity index (χ3n) is 2.90. The lowest BCUT2D eigenvalue weighted by Gasteiger charge is -2.36. The van der Waals surface area contributed by atoms with Gasteiger partial charge in [-0.05, 0) is 15.9 Å². The van der Waals surface area contributed by atoms with Gasteiger partial charge in [-0.1, -0.05) is 0 Å². The molecule has 2 rings (SSSR count). The molecule has 2 N–H and O–H groups in total. The maximum atomic E-state index is 11.8. The molecule has 0 aromatic rings. The summed E-state index contributed by atoms with van der Waals surface area (Å²) < 4.78 is 0.429. The molecule has 3 atom stereocenters. The Balaban J connectivity index is 2.22. The van der Waals surface area contributed by atoms with E-state index >= 15 is 0 Å². The van der Waals surface area contributed by atoms with Gasteiger partial charge in [-0.2, -0.15) is 0 Å². The van der Waals surface area contributed by atoms with E-state index in [1.165, 1.54) is 4.90 Å². The number of carbonyl (C=O) groups excluding carboxylic acids is 2. The summed E-state index contributed by atoms with van der Waals surface area (Å²) in [7, 11) is 1.56. The number of nitrogens with one attached hydrogen (secondary N) is 1. The molecular formula is C9H12BrClN4O3. The average Bonchev–Trinajstić information content (AvgIpc) is 2.64. The molecule has 0 radical (unpaired) electrons. The number of alkyl halides is 1. The van der Waals surface area contributed by atoms with E-state index in [0.29, 0.717) is 4.74 Å². The van der Waals surface area contributed by atoms with Crippen LogP contribution in [0.1, 0.15) is 0 Å². The number of aliphatic hydroxyl groups excluding tert-OH is 1. The average molecular weight is 340 g/mol. The Kier molecular flexibility index (Phi) is 3.79. The lowest BCUT2D eigenvalue weighted by molar-refractivity contribution is -0.127. The zero-order chi connectivity index (χ0) is 13.4. The number of amides is 3. The van der Waals surface area contributed by atoms with E-state index < -0.39 is 30.2 Å². The molecule has 0 bridgehead atoms. The lowest BCUT2D eigenvalue weighted by atomic mass is 10.1. The summed E-state index contributed by atoms with van der Waals surface area (Å²) in [4.78, 5) is 30.5. The van der Waals surface area contributed by atoms with Crippen molar-refractivity contribution < 1.29 is 14.7 Å². The van der Waals surface area contributed by atoms with Crippen molar-refractivity contribution in [3.05, 3.63) is 0 Å². The molecule has 0 aromatic carbocycles. The van der Waals surface area contributed by atoms with Crippen molar-refractivity contribution in [1.29, 1.82) is 0 Å². The molecule has 0 aliphatic carbocycles. The SMILES string of the molecule is CN1C(=O)NC(=O)C2C1N=C(Br)N2CC(O)CCl. The molecule has 2 aliphatic heterocycles. The molecule has 2 aliphatic rings. The number of aliphatic hydroxyl groups is 1. The van der Waals surface area contributed by atoms with Crippen molar-refractivity contribution in [2.75, 3.05) is 19.5 Å². The second-order valence-electron chi connectivity index (χ2n) is 4.12. The minimum Gasteiger partial charge on any atom is -0.390 e. The maximum absolute atomic E-state index is 11.8. The highest BCUT2D eigenvalue weighted by Crippen LogP contribution is 2.26. The van der Waals surface area contributed by atoms with Crippen LogP contribution >= 0.6 is 27.5 Å². The predicted molar refractivity (Wildman–Crippen MR) is 68.7 cm³/mol. The topological polar surface area (TPSA) is 85.2 Å². The second kappa shape index (κ2) is 5.02. The number of likely N-dealkylation sites (N-methyl/N-ethyl adjacent to an activating group) is 1. The summed E-state index contributed by atoms with van der Waals surface area (Å²) >= 11 is 8.78. The molecule has 9 heteroatoms. The quantitative estimate of drug-likeness (QED) is 0.538. The highest BCUT2D eigenvalue weighted by Gasteiger charge is 2.48. The van der Waals surface area contributed by atoms with Crippen LogP contribution in [0, 0.1) is 0 Å². The molecule has 1 saturated heterocycles. The van der Waals surface area contributed by atoms with Crippen LogP contribution in [0.2, 0.25) is 0 Å². The van der Waals surface area contributed by atoms with Gasteiger partial charge in [-0.3, -0.25) is 10.1 Å². The summed E-state index contributed by atoms with van der Waals surface area (Å²) in [5.41, 5.74) is 0. The van der Waals surface area contributed by atoms with Gasteiger partial charge in [-0.15, -0.1) is 11.6 Å². The van der Waals surface area contributed by atoms with E-state index in [2.05, 4.69) is 26.2 Å². The molecule has 7 nitrogen and oxygen atoms in total. The summed E-state index contributed by atoms with van der Waals surface area (Å²) in [5.74, 6) is -0.368. The first kappa shape index (κ1) is 13.6. The summed E-state index contributed by atoms with van der Waals surface area (Å²) in [6.07, 6.45) is -1.35. The highest BCUT2D eigenvalue weighted by atomic mass is 79.9. The van der Waals surface area contributed by atoms with Gasteiger partial charge in [0.2, 0.25) is 0 Å². The number of hydrogen-bond donors (Lipinski definition) is 2. The largest absolute Gasteiger partial charge is 0.390 e. The number of urea groups is 1. The van der Waals surface area contributed by atoms with Gasteiger partial charge in [0.05, 0.1) is 12.0 Å². The number of aliphatic imine (C=N–C) groups is 1. The Labute approximate surface area is 117 Å². The molecule has 3 unspecified atom stereocenters. The molecular weight excluding hydrogens is 327 g/mol. The van der Waals surface area contributed by atoms with Gasteiger partial charge in [0, 0.05) is 13.6 Å². The third kappa shape index (κ3) is 2.19. The van der Waals surface area contributed by atoms with E-state index in [1.54, 1.807) is 11.9 Å². The monoisotopic (exact) mass is 338 g/mol. The number of hydrogen-bond acceptors (Lipinski definition) is 5. The van der Waals surface area contributed by atoms with Crippen molar-refractivity contribution in [2.45, 2.75) is 18.3 Å². The van der Waals surface area contributed by atoms with Crippen LogP contribution in [0.3, 0.4) is 0 Å². The molecule has 100 valence electrons. The number of nitrogens with zero attached hydrogens (tertiary/aromatic N) is 3. The van der Waals surface area contributed by atoms with Crippen LogP contribution in [-0.4, -0.2) is 69.4 Å². The van der Waals surface area contributed by atoms with Gasteiger partial charge in [0.15, 0.2) is 17.0 Å². The van der Waals surface area contributed by atoms with Gasteiger partial charge in [0.25, 0.3) is 5.91 Å². The molecule has 1 fully saturated rings. The van der Waals surface area contributed by atoms with Crippen molar-refractivity contribution in [3.63, 3.8) is 0 Å². The fraction of sp³-hybridized carbons (Fsp3) is 0.667. The Morgan fingerprint density at radius 3 is 2.89 bits per heavy atom. The van der Waals surface area contributed by atoms with Gasteiger partial charge in [-0.25, -0.2) is 9.79 Å². The zero-order valence-electron chi connectivity index (χ0n) is 9.51. The fourth-order valence-electron chi connectivity index (χ4n) is 1.96. The molecule has 3 amide bonds. The third-order valence-corrected chi connectivity index (χ3v) is 3.91. The van der Waals surface area contributed by atoms with Crippen LogP contribution in [0.4, 0.5) is 4.79 Å². The van der Waals surface area contributed by atoms with Crippen LogP contribution in [-0.2, 0) is 4.79 Å². The maximum Gasteiger partial charge on any atom is 0.325 e. The van der Waals surface area contributed by atoms with Crippen molar-refractivity contribution in [1.82, 2.24) is 15.1 Å². The van der Waals surface area contributed by atoms with E-state index in [-0.39, 0.29) is 12.4 Å². The van der Waals surface area contributed by atoms with Crippen molar-refractivity contribution in [2.24, 2.45) is 4.99 Å². The molecule has 18 heavy (non-hydrogen) atoms. The highest BCUT2D eigenvalue weighted by molar-refractivity contribution is 9.18. The zero-order valence-corrected chi connectivity index (χ0v) is 11.8. The minimum absolute atomic E-state index is 0.0601. The van der Waals surface area contributed by atoms with Gasteiger partial charge < -0.3 is 14.9 Å². The van der Waals surface area contributed by atoms with Crippen LogP contribution in [0.5, 0.6) is 0 Å². The summed E-state index contributed by atoms with van der Waals surface area (Å²) in [5, 5.41) is 11.8. The second-order valence-corrected chi connectivity index (χ2v) is 5.14. The Bertz CT molecular complexity index is 419. The first-order chi connectivity index (χ1) is 8.45. The number of fused-ring (bicyclic) bond motifs is 1. The van der Waals surface area contributed by atoms with Crippen molar-refractivity contribution >= 4 is 44.2 Å². The molecule has 0 aromatic heterocycles. The standard InChI is InChI=1S/C9H12BrClN4O3/c1-14-6-5(7(17)13-9(14)18)15(8(10)12-6)3-4(16)2-11/h4-6,16H,2-3H2,1H3,(H,13,17,18). The Hall–Kier alpha value is -0.860. The van der Waals surface area contributed by atoms with E-state index in [4.69, 9.17) is 11.6 Å². The van der Waals surface area contributed by atoms with E-state index in [0.717, 1.165) is 0 Å². The normalized spacial score (nSPS) is 29.0. The van der Waals surface area contributed by atoms with Crippen LogP contribution < -0.4 is 5.32 Å². The number of halogens is 2. The number of imide groups is 1. The number of β-amino-alcohol motifs (C(OH)–C–C–N with tert-alkyl or cyclic N) is 1.